The summed E-state index contributed by atoms with van der Waals surface area (Å²) in [6.45, 7) is 5.38. The fraction of sp³-hybridized carbons (Fsp3) is 0.304. The molecule has 0 aliphatic carbocycles. The van der Waals surface area contributed by atoms with Gasteiger partial charge in [-0.05, 0) is 58.5 Å². The number of nitrogens with zero attached hydrogens (tertiary/aromatic N) is 4. The molecule has 16 heteroatoms. The van der Waals surface area contributed by atoms with Crippen molar-refractivity contribution in [2.75, 3.05) is 47.1 Å². The van der Waals surface area contributed by atoms with Crippen molar-refractivity contribution in [3.05, 3.63) is 121 Å². The van der Waals surface area contributed by atoms with E-state index in [2.05, 4.69) is 77.8 Å². The molecule has 322 valence electrons. The zero-order valence-corrected chi connectivity index (χ0v) is 35.1. The average Bonchev–Trinajstić information content (AvgIpc) is 4.08. The maximum Gasteiger partial charge on any atom is 0.407 e. The Labute approximate surface area is 358 Å². The summed E-state index contributed by atoms with van der Waals surface area (Å²) in [6.07, 6.45) is 2.83. The predicted molar refractivity (Wildman–Crippen MR) is 231 cm³/mol. The van der Waals surface area contributed by atoms with Crippen molar-refractivity contribution in [2.45, 2.75) is 45.2 Å². The molecule has 1 aliphatic heterocycles. The van der Waals surface area contributed by atoms with E-state index in [9.17, 15) is 19.2 Å². The summed E-state index contributed by atoms with van der Waals surface area (Å²) in [5, 5.41) is 7.25. The summed E-state index contributed by atoms with van der Waals surface area (Å²) in [7, 11) is 2.51. The molecule has 7 rings (SSSR count). The van der Waals surface area contributed by atoms with Gasteiger partial charge in [-0.1, -0.05) is 85.8 Å². The van der Waals surface area contributed by atoms with Crippen LogP contribution in [-0.2, 0) is 41.6 Å². The molecule has 3 heterocycles. The van der Waals surface area contributed by atoms with Crippen molar-refractivity contribution in [3.8, 4) is 33.6 Å². The van der Waals surface area contributed by atoms with Gasteiger partial charge in [-0.3, -0.25) is 9.59 Å². The van der Waals surface area contributed by atoms with E-state index in [1.807, 2.05) is 43.3 Å². The number of rotatable bonds is 16. The number of fused-ring (bicyclic) bond motifs is 1. The highest BCUT2D eigenvalue weighted by molar-refractivity contribution is 5.91. The number of alkyl carbamates (subject to hydrolysis) is 2. The molecular formula is C46H50N8O8. The third-order valence-electron chi connectivity index (χ3n) is 10.5. The van der Waals surface area contributed by atoms with Gasteiger partial charge in [-0.15, -0.1) is 0 Å². The molecule has 1 fully saturated rings. The average molecular weight is 843 g/mol. The fourth-order valence-corrected chi connectivity index (χ4v) is 7.36. The zero-order chi connectivity index (χ0) is 43.6. The molecule has 1 aliphatic rings. The van der Waals surface area contributed by atoms with Crippen molar-refractivity contribution in [1.82, 2.24) is 40.4 Å². The Bertz CT molecular complexity index is 2500. The van der Waals surface area contributed by atoms with Crippen LogP contribution in [0.5, 0.6) is 0 Å². The Morgan fingerprint density at radius 1 is 0.742 bits per heavy atom. The number of nitrogens with one attached hydrogen (secondary N) is 4. The minimum absolute atomic E-state index is 0.147. The number of carbonyl (C=O) groups is 4. The van der Waals surface area contributed by atoms with Gasteiger partial charge in [0.2, 0.25) is 11.8 Å². The number of ether oxygens (including phenoxy) is 4. The Morgan fingerprint density at radius 2 is 1.31 bits per heavy atom. The van der Waals surface area contributed by atoms with Gasteiger partial charge < -0.3 is 49.3 Å². The van der Waals surface area contributed by atoms with Crippen LogP contribution in [0.4, 0.5) is 9.59 Å². The van der Waals surface area contributed by atoms with Crippen molar-refractivity contribution in [3.63, 3.8) is 0 Å². The molecule has 0 unspecified atom stereocenters. The van der Waals surface area contributed by atoms with Crippen LogP contribution in [0, 0.1) is 0 Å². The highest BCUT2D eigenvalue weighted by atomic mass is 16.7. The van der Waals surface area contributed by atoms with Crippen LogP contribution < -0.4 is 10.6 Å². The lowest BCUT2D eigenvalue weighted by atomic mass is 9.98. The largest absolute Gasteiger partial charge is 0.453 e. The van der Waals surface area contributed by atoms with Crippen LogP contribution in [0.3, 0.4) is 0 Å². The van der Waals surface area contributed by atoms with E-state index in [0.29, 0.717) is 37.0 Å². The Morgan fingerprint density at radius 3 is 1.94 bits per heavy atom. The van der Waals surface area contributed by atoms with Gasteiger partial charge in [-0.25, -0.2) is 19.6 Å². The minimum atomic E-state index is -0.968. The number of benzene rings is 4. The minimum Gasteiger partial charge on any atom is -0.453 e. The van der Waals surface area contributed by atoms with Crippen LogP contribution in [0.2, 0.25) is 0 Å². The Hall–Kier alpha value is -7.04. The molecule has 4 amide bonds. The molecule has 0 bridgehead atoms. The number of hydrogen-bond donors (Lipinski definition) is 4. The molecule has 0 saturated carbocycles. The molecule has 16 nitrogen and oxygen atoms in total. The predicted octanol–water partition coefficient (Wildman–Crippen LogP) is 6.57. The first-order chi connectivity index (χ1) is 30.0. The van der Waals surface area contributed by atoms with Crippen LogP contribution in [0.1, 0.15) is 43.5 Å². The molecule has 0 radical (unpaired) electrons. The summed E-state index contributed by atoms with van der Waals surface area (Å²) in [6, 6.07) is 28.9. The first-order valence-corrected chi connectivity index (χ1v) is 20.3. The van der Waals surface area contributed by atoms with E-state index in [0.717, 1.165) is 50.8 Å². The van der Waals surface area contributed by atoms with Crippen LogP contribution in [-0.4, -0.2) is 107 Å². The van der Waals surface area contributed by atoms with Crippen molar-refractivity contribution < 1.29 is 38.1 Å². The lowest BCUT2D eigenvalue weighted by molar-refractivity contribution is -0.167. The molecule has 4 N–H and O–H groups in total. The number of H-pyrrole nitrogens is 2. The number of aromatic amines is 2. The number of amides is 4. The third kappa shape index (κ3) is 10.5. The Balaban J connectivity index is 1.01. The zero-order valence-electron chi connectivity index (χ0n) is 35.1. The molecule has 4 aromatic carbocycles. The van der Waals surface area contributed by atoms with Gasteiger partial charge in [0.05, 0.1) is 70.8 Å². The van der Waals surface area contributed by atoms with Gasteiger partial charge in [0, 0.05) is 12.1 Å². The first-order valence-electron chi connectivity index (χ1n) is 20.3. The molecular weight excluding hydrogens is 793 g/mol. The normalized spacial score (nSPS) is 13.6. The third-order valence-corrected chi connectivity index (χ3v) is 10.5. The summed E-state index contributed by atoms with van der Waals surface area (Å²) in [4.78, 5) is 69.9. The van der Waals surface area contributed by atoms with E-state index in [1.165, 1.54) is 19.1 Å². The van der Waals surface area contributed by atoms with Crippen molar-refractivity contribution in [2.24, 2.45) is 0 Å². The van der Waals surface area contributed by atoms with Crippen molar-refractivity contribution in [1.29, 1.82) is 0 Å². The van der Waals surface area contributed by atoms with Crippen LogP contribution in [0.15, 0.2) is 103 Å². The van der Waals surface area contributed by atoms with E-state index in [-0.39, 0.29) is 38.0 Å². The molecule has 1 atom stereocenters. The second-order valence-corrected chi connectivity index (χ2v) is 15.0. The van der Waals surface area contributed by atoms with Gasteiger partial charge >= 0.3 is 12.2 Å². The number of carbonyl (C=O) groups excluding carboxylic acids is 4. The van der Waals surface area contributed by atoms with Gasteiger partial charge in [0.15, 0.2) is 5.79 Å². The highest BCUT2D eigenvalue weighted by Gasteiger charge is 2.35. The summed E-state index contributed by atoms with van der Waals surface area (Å²) >= 11 is 0. The molecule has 6 aromatic rings. The van der Waals surface area contributed by atoms with Crippen LogP contribution >= 0.6 is 0 Å². The van der Waals surface area contributed by atoms with E-state index < -0.39 is 24.0 Å². The number of methoxy groups -OCH3 is 2. The molecule has 62 heavy (non-hydrogen) atoms. The maximum atomic E-state index is 13.8. The standard InChI is InChI=1S/C46H50N8O8/c1-5-19-53(43(56)42(52-45(58)60-4)32-9-7-6-8-10-32)27-39-48-25-38(51-39)36-18-17-34-22-33(15-16-35(34)23-36)30-11-13-31(14-12-30)37-24-47-40(50-37)28-54(29-46(2)61-20-21-62-46)41(55)26-49-44(57)59-3/h6-18,22-25,42H,5,19-21,26-29H2,1-4H3,(H,47,50)(H,48,51)(H,49,57)(H,52,58)/t42-/m1/s1. The monoisotopic (exact) mass is 842 g/mol. The van der Waals surface area contributed by atoms with E-state index >= 15 is 0 Å². The quantitative estimate of drug-likeness (QED) is 0.0829. The van der Waals surface area contributed by atoms with Gasteiger partial charge in [-0.2, -0.15) is 0 Å². The lowest BCUT2D eigenvalue weighted by Crippen LogP contribution is -2.47. The molecule has 0 spiro atoms. The number of imidazole rings is 2. The summed E-state index contributed by atoms with van der Waals surface area (Å²) in [5.41, 5.74) is 6.24. The smallest absolute Gasteiger partial charge is 0.407 e. The number of hydrogen-bond acceptors (Lipinski definition) is 10. The maximum absolute atomic E-state index is 13.8. The van der Waals surface area contributed by atoms with Crippen molar-refractivity contribution >= 4 is 34.8 Å². The second-order valence-electron chi connectivity index (χ2n) is 15.0. The molecule has 2 aromatic heterocycles. The fourth-order valence-electron chi connectivity index (χ4n) is 7.36. The van der Waals surface area contributed by atoms with Gasteiger partial charge in [0.1, 0.15) is 24.2 Å². The van der Waals surface area contributed by atoms with Crippen LogP contribution in [0.25, 0.3) is 44.4 Å². The summed E-state index contributed by atoms with van der Waals surface area (Å²) < 4.78 is 20.9. The van der Waals surface area contributed by atoms with Gasteiger partial charge in [0.25, 0.3) is 0 Å². The Kier molecular flexibility index (Phi) is 13.6. The number of aromatic nitrogens is 4. The van der Waals surface area contributed by atoms with E-state index in [4.69, 9.17) is 14.2 Å². The van der Waals surface area contributed by atoms with E-state index in [1.54, 1.807) is 36.4 Å². The molecule has 1 saturated heterocycles. The first kappa shape index (κ1) is 43.1. The summed E-state index contributed by atoms with van der Waals surface area (Å²) in [5.74, 6) is -0.384. The second kappa shape index (κ2) is 19.6. The topological polar surface area (TPSA) is 193 Å². The SMILES string of the molecule is CCCN(Cc1ncc(-c2ccc3cc(-c4ccc(-c5cnc(CN(CC6(C)OCCO6)C(=O)CNC(=O)OC)[nH]5)cc4)ccc3c2)[nH]1)C(=O)[C@H](NC(=O)OC)c1ccccc1. The highest BCUT2D eigenvalue weighted by Crippen LogP contribution is 2.30. The lowest BCUT2D eigenvalue weighted by Gasteiger charge is -2.30.